The number of hydrogen-bond acceptors (Lipinski definition) is 6. The third kappa shape index (κ3) is 3.96. The summed E-state index contributed by atoms with van der Waals surface area (Å²) in [4.78, 5) is 37.3. The van der Waals surface area contributed by atoms with Crippen LogP contribution in [0.2, 0.25) is 0 Å². The van der Waals surface area contributed by atoms with Crippen molar-refractivity contribution in [1.29, 1.82) is 0 Å². The Hall–Kier alpha value is -2.19. The Morgan fingerprint density at radius 2 is 1.96 bits per heavy atom. The minimum absolute atomic E-state index is 0.169. The van der Waals surface area contributed by atoms with Gasteiger partial charge in [0.1, 0.15) is 5.00 Å². The van der Waals surface area contributed by atoms with Crippen LogP contribution in [0, 0.1) is 13.8 Å². The number of aryl methyl sites for hydroxylation is 1. The lowest BCUT2D eigenvalue weighted by molar-refractivity contribution is 0.0925. The van der Waals surface area contributed by atoms with Crippen LogP contribution in [0.1, 0.15) is 37.4 Å². The third-order valence-electron chi connectivity index (χ3n) is 3.08. The molecule has 0 saturated heterocycles. The second kappa shape index (κ2) is 7.38. The van der Waals surface area contributed by atoms with Gasteiger partial charge in [0.05, 0.1) is 17.0 Å². The normalized spacial score (nSPS) is 10.2. The highest BCUT2D eigenvalue weighted by molar-refractivity contribution is 7.17. The van der Waals surface area contributed by atoms with Gasteiger partial charge in [-0.15, -0.1) is 22.7 Å². The first-order valence-electron chi connectivity index (χ1n) is 6.87. The van der Waals surface area contributed by atoms with Crippen LogP contribution in [0.4, 0.5) is 9.80 Å². The van der Waals surface area contributed by atoms with Gasteiger partial charge in [-0.05, 0) is 37.8 Å². The van der Waals surface area contributed by atoms with Crippen LogP contribution in [0.5, 0.6) is 0 Å². The van der Waals surface area contributed by atoms with Gasteiger partial charge in [-0.1, -0.05) is 6.07 Å². The van der Waals surface area contributed by atoms with Crippen LogP contribution in [0.15, 0.2) is 17.5 Å². The van der Waals surface area contributed by atoms with Crippen molar-refractivity contribution < 1.29 is 19.1 Å². The number of amides is 3. The minimum Gasteiger partial charge on any atom is -0.450 e. The first-order valence-corrected chi connectivity index (χ1v) is 8.56. The van der Waals surface area contributed by atoms with Gasteiger partial charge >= 0.3 is 6.09 Å². The molecule has 0 aliphatic rings. The van der Waals surface area contributed by atoms with Crippen molar-refractivity contribution in [3.8, 4) is 0 Å². The van der Waals surface area contributed by atoms with Gasteiger partial charge in [-0.2, -0.15) is 0 Å². The summed E-state index contributed by atoms with van der Waals surface area (Å²) in [6.07, 6.45) is -0.809. The molecule has 0 atom stereocenters. The molecule has 0 aliphatic heterocycles. The molecule has 23 heavy (non-hydrogen) atoms. The van der Waals surface area contributed by atoms with Crippen LogP contribution < -0.4 is 10.6 Å². The van der Waals surface area contributed by atoms with Crippen LogP contribution in [0.25, 0.3) is 0 Å². The molecule has 0 unspecified atom stereocenters. The van der Waals surface area contributed by atoms with E-state index in [1.807, 2.05) is 6.92 Å². The predicted octanol–water partition coefficient (Wildman–Crippen LogP) is 3.57. The lowest BCUT2D eigenvalue weighted by Crippen LogP contribution is -2.31. The van der Waals surface area contributed by atoms with Crippen LogP contribution in [0.3, 0.4) is 0 Å². The number of carbonyl (C=O) groups is 3. The van der Waals surface area contributed by atoms with Crippen molar-refractivity contribution in [3.05, 3.63) is 38.4 Å². The Morgan fingerprint density at radius 1 is 1.22 bits per heavy atom. The summed E-state index contributed by atoms with van der Waals surface area (Å²) in [6, 6.07) is 3.48. The molecule has 0 aromatic carbocycles. The number of nitrogens with one attached hydrogen (secondary N) is 2. The first-order chi connectivity index (χ1) is 10.9. The highest BCUT2D eigenvalue weighted by Gasteiger charge is 2.23. The topological polar surface area (TPSA) is 84.5 Å². The molecule has 122 valence electrons. The van der Waals surface area contributed by atoms with Gasteiger partial charge in [0, 0.05) is 4.88 Å². The number of imide groups is 1. The van der Waals surface area contributed by atoms with E-state index < -0.39 is 12.0 Å². The average molecular weight is 352 g/mol. The molecular formula is C15H16N2O4S2. The molecule has 2 rings (SSSR count). The molecule has 0 spiro atoms. The molecule has 2 aromatic heterocycles. The molecule has 2 N–H and O–H groups in total. The molecule has 2 heterocycles. The molecule has 2 aromatic rings. The predicted molar refractivity (Wildman–Crippen MR) is 90.6 cm³/mol. The minimum atomic E-state index is -0.809. The largest absolute Gasteiger partial charge is 0.450 e. The lowest BCUT2D eigenvalue weighted by Gasteiger charge is -2.07. The Balaban J connectivity index is 2.24. The molecule has 0 saturated carbocycles. The zero-order valence-corrected chi connectivity index (χ0v) is 14.5. The van der Waals surface area contributed by atoms with E-state index in [9.17, 15) is 14.4 Å². The van der Waals surface area contributed by atoms with Crippen molar-refractivity contribution in [3.63, 3.8) is 0 Å². The van der Waals surface area contributed by atoms with E-state index >= 15 is 0 Å². The molecule has 0 fully saturated rings. The zero-order chi connectivity index (χ0) is 17.0. The van der Waals surface area contributed by atoms with Gasteiger partial charge in [0.2, 0.25) is 0 Å². The summed E-state index contributed by atoms with van der Waals surface area (Å²) in [7, 11) is 0. The Kier molecular flexibility index (Phi) is 5.51. The smallest absolute Gasteiger partial charge is 0.414 e. The number of carbonyl (C=O) groups excluding carboxylic acids is 3. The fraction of sp³-hybridized carbons (Fsp3) is 0.267. The highest BCUT2D eigenvalue weighted by atomic mass is 32.1. The molecule has 0 radical (unpaired) electrons. The van der Waals surface area contributed by atoms with Gasteiger partial charge in [-0.3, -0.25) is 14.9 Å². The number of ether oxygens (including phenoxy) is 1. The summed E-state index contributed by atoms with van der Waals surface area (Å²) >= 11 is 2.61. The quantitative estimate of drug-likeness (QED) is 0.881. The third-order valence-corrected chi connectivity index (χ3v) is 5.07. The summed E-state index contributed by atoms with van der Waals surface area (Å²) in [6.45, 7) is 5.44. The van der Waals surface area contributed by atoms with E-state index in [4.69, 9.17) is 4.74 Å². The van der Waals surface area contributed by atoms with Gasteiger partial charge < -0.3 is 10.1 Å². The first kappa shape index (κ1) is 17.2. The fourth-order valence-electron chi connectivity index (χ4n) is 1.88. The van der Waals surface area contributed by atoms with Gasteiger partial charge in [0.15, 0.2) is 0 Å². The SMILES string of the molecule is CCOC(=O)NC(=O)c1c(NC(=O)c2cccs2)sc(C)c1C. The number of anilines is 1. The van der Waals surface area contributed by atoms with E-state index in [0.29, 0.717) is 9.88 Å². The zero-order valence-electron chi connectivity index (χ0n) is 12.9. The van der Waals surface area contributed by atoms with Gasteiger partial charge in [0.25, 0.3) is 11.8 Å². The molecule has 8 heteroatoms. The maximum absolute atomic E-state index is 12.3. The van der Waals surface area contributed by atoms with Gasteiger partial charge in [-0.25, -0.2) is 4.79 Å². The maximum Gasteiger partial charge on any atom is 0.414 e. The monoisotopic (exact) mass is 352 g/mol. The lowest BCUT2D eigenvalue weighted by atomic mass is 10.1. The van der Waals surface area contributed by atoms with Crippen molar-refractivity contribution in [2.24, 2.45) is 0 Å². The van der Waals surface area contributed by atoms with Crippen LogP contribution in [-0.4, -0.2) is 24.5 Å². The van der Waals surface area contributed by atoms with E-state index in [0.717, 1.165) is 10.4 Å². The molecule has 6 nitrogen and oxygen atoms in total. The fourth-order valence-corrected chi connectivity index (χ4v) is 3.56. The number of alkyl carbamates (subject to hydrolysis) is 1. The second-order valence-corrected chi connectivity index (χ2v) is 6.77. The summed E-state index contributed by atoms with van der Waals surface area (Å²) in [5.74, 6) is -0.877. The van der Waals surface area contributed by atoms with Crippen molar-refractivity contribution in [2.75, 3.05) is 11.9 Å². The number of thiophene rings is 2. The van der Waals surface area contributed by atoms with E-state index in [2.05, 4.69) is 10.6 Å². The molecular weight excluding hydrogens is 336 g/mol. The Bertz CT molecular complexity index is 735. The van der Waals surface area contributed by atoms with Crippen LogP contribution >= 0.6 is 22.7 Å². The number of rotatable bonds is 4. The van der Waals surface area contributed by atoms with Crippen LogP contribution in [-0.2, 0) is 4.74 Å². The number of hydrogen-bond donors (Lipinski definition) is 2. The van der Waals surface area contributed by atoms with E-state index in [-0.39, 0.29) is 18.1 Å². The molecule has 0 bridgehead atoms. The Morgan fingerprint density at radius 3 is 2.57 bits per heavy atom. The van der Waals surface area contributed by atoms with Crippen molar-refractivity contribution in [2.45, 2.75) is 20.8 Å². The average Bonchev–Trinajstić information content (AvgIpc) is 3.09. The standard InChI is InChI=1S/C15H16N2O4S2/c1-4-21-15(20)17-13(19)11-8(2)9(3)23-14(11)16-12(18)10-6-5-7-22-10/h5-7H,4H2,1-3H3,(H,16,18)(H,17,19,20). The molecule has 0 aliphatic carbocycles. The second-order valence-electron chi connectivity index (χ2n) is 4.59. The summed E-state index contributed by atoms with van der Waals surface area (Å²) in [5, 5.41) is 7.11. The highest BCUT2D eigenvalue weighted by Crippen LogP contribution is 2.33. The molecule has 3 amide bonds. The van der Waals surface area contributed by atoms with E-state index in [1.54, 1.807) is 31.4 Å². The summed E-state index contributed by atoms with van der Waals surface area (Å²) < 4.78 is 4.71. The van der Waals surface area contributed by atoms with Crippen molar-refractivity contribution >= 4 is 45.6 Å². The summed E-state index contributed by atoms with van der Waals surface area (Å²) in [5.41, 5.74) is 1.00. The van der Waals surface area contributed by atoms with Crippen molar-refractivity contribution in [1.82, 2.24) is 5.32 Å². The maximum atomic E-state index is 12.3. The van der Waals surface area contributed by atoms with E-state index in [1.165, 1.54) is 22.7 Å². The Labute approximate surface area is 141 Å².